The van der Waals surface area contributed by atoms with Gasteiger partial charge in [0.05, 0.1) is 12.4 Å². The van der Waals surface area contributed by atoms with Crippen LogP contribution in [0.15, 0.2) is 36.9 Å². The minimum atomic E-state index is -0.243. The van der Waals surface area contributed by atoms with Gasteiger partial charge in [-0.3, -0.25) is 9.97 Å². The van der Waals surface area contributed by atoms with Crippen LogP contribution in [0.25, 0.3) is 0 Å². The highest BCUT2D eigenvalue weighted by Gasteiger charge is 1.90. The van der Waals surface area contributed by atoms with Gasteiger partial charge in [0.2, 0.25) is 0 Å². The van der Waals surface area contributed by atoms with E-state index in [1.54, 1.807) is 38.4 Å². The van der Waals surface area contributed by atoms with Crippen LogP contribution in [0.4, 0.5) is 8.78 Å². The smallest absolute Gasteiger partial charge is 0.144 e. The Hall–Kier alpha value is -1.84. The van der Waals surface area contributed by atoms with Crippen LogP contribution in [0.1, 0.15) is 25.0 Å². The fourth-order valence-electron chi connectivity index (χ4n) is 0.889. The number of pyridine rings is 2. The molecule has 0 atom stereocenters. The van der Waals surface area contributed by atoms with E-state index in [1.165, 1.54) is 12.4 Å². The van der Waals surface area contributed by atoms with E-state index in [1.807, 2.05) is 13.8 Å². The van der Waals surface area contributed by atoms with Gasteiger partial charge < -0.3 is 0 Å². The van der Waals surface area contributed by atoms with Crippen molar-refractivity contribution in [2.24, 2.45) is 0 Å². The van der Waals surface area contributed by atoms with E-state index in [0.29, 0.717) is 11.1 Å². The van der Waals surface area contributed by atoms with E-state index < -0.39 is 0 Å². The van der Waals surface area contributed by atoms with E-state index in [4.69, 9.17) is 0 Å². The summed E-state index contributed by atoms with van der Waals surface area (Å²) in [4.78, 5) is 7.14. The lowest BCUT2D eigenvalue weighted by Crippen LogP contribution is -1.80. The summed E-state index contributed by atoms with van der Waals surface area (Å²) in [5.74, 6) is -0.486. The molecule has 0 spiro atoms. The molecule has 0 aromatic carbocycles. The van der Waals surface area contributed by atoms with Gasteiger partial charge in [-0.2, -0.15) is 0 Å². The molecule has 2 heterocycles. The first kappa shape index (κ1) is 16.2. The monoisotopic (exact) mass is 252 g/mol. The summed E-state index contributed by atoms with van der Waals surface area (Å²) in [6.07, 6.45) is 5.54. The van der Waals surface area contributed by atoms with Gasteiger partial charge in [-0.1, -0.05) is 13.8 Å². The predicted octanol–water partition coefficient (Wildman–Crippen LogP) is 4.08. The topological polar surface area (TPSA) is 25.8 Å². The van der Waals surface area contributed by atoms with Crippen LogP contribution in [-0.2, 0) is 0 Å². The zero-order valence-electron chi connectivity index (χ0n) is 11.1. The number of hydrogen-bond donors (Lipinski definition) is 0. The molecule has 98 valence electrons. The maximum Gasteiger partial charge on any atom is 0.144 e. The maximum absolute atomic E-state index is 12.3. The Morgan fingerprint density at radius 1 is 0.778 bits per heavy atom. The Bertz CT molecular complexity index is 374. The molecule has 0 aliphatic carbocycles. The first-order chi connectivity index (χ1) is 8.61. The molecule has 4 heteroatoms. The molecule has 18 heavy (non-hydrogen) atoms. The summed E-state index contributed by atoms with van der Waals surface area (Å²) in [5, 5.41) is 0. The van der Waals surface area contributed by atoms with Crippen molar-refractivity contribution in [2.75, 3.05) is 0 Å². The molecular formula is C14H18F2N2. The van der Waals surface area contributed by atoms with Gasteiger partial charge >= 0.3 is 0 Å². The summed E-state index contributed by atoms with van der Waals surface area (Å²) in [7, 11) is 0. The Morgan fingerprint density at radius 3 is 1.28 bits per heavy atom. The fourth-order valence-corrected chi connectivity index (χ4v) is 0.889. The van der Waals surface area contributed by atoms with Crippen LogP contribution >= 0.6 is 0 Å². The Labute approximate surface area is 107 Å². The summed E-state index contributed by atoms with van der Waals surface area (Å²) in [5.41, 5.74) is 1.28. The number of halogens is 2. The van der Waals surface area contributed by atoms with Gasteiger partial charge in [0.1, 0.15) is 11.6 Å². The van der Waals surface area contributed by atoms with Crippen molar-refractivity contribution in [1.29, 1.82) is 0 Å². The van der Waals surface area contributed by atoms with Crippen molar-refractivity contribution in [1.82, 2.24) is 9.97 Å². The summed E-state index contributed by atoms with van der Waals surface area (Å²) in [6, 6.07) is 3.27. The molecule has 2 aromatic rings. The van der Waals surface area contributed by atoms with Crippen molar-refractivity contribution in [2.45, 2.75) is 27.7 Å². The van der Waals surface area contributed by atoms with Crippen molar-refractivity contribution in [3.63, 3.8) is 0 Å². The first-order valence-electron chi connectivity index (χ1n) is 5.73. The van der Waals surface area contributed by atoms with Crippen molar-refractivity contribution < 1.29 is 8.78 Å². The van der Waals surface area contributed by atoms with Crippen LogP contribution < -0.4 is 0 Å². The molecule has 2 rings (SSSR count). The highest BCUT2D eigenvalue weighted by Crippen LogP contribution is 2.00. The van der Waals surface area contributed by atoms with Gasteiger partial charge in [0.25, 0.3) is 0 Å². The van der Waals surface area contributed by atoms with Crippen LogP contribution in [-0.4, -0.2) is 9.97 Å². The molecule has 0 unspecified atom stereocenters. The maximum atomic E-state index is 12.3. The zero-order chi connectivity index (χ0) is 14.0. The molecule has 0 fully saturated rings. The molecule has 0 saturated carbocycles. The molecule has 2 aromatic heterocycles. The molecule has 0 aliphatic rings. The minimum absolute atomic E-state index is 0.243. The van der Waals surface area contributed by atoms with Gasteiger partial charge in [-0.15, -0.1) is 0 Å². The van der Waals surface area contributed by atoms with Crippen LogP contribution in [0.3, 0.4) is 0 Å². The van der Waals surface area contributed by atoms with E-state index in [2.05, 4.69) is 9.97 Å². The first-order valence-corrected chi connectivity index (χ1v) is 5.73. The molecule has 0 N–H and O–H groups in total. The standard InChI is InChI=1S/2C6H6FN.C2H6/c2*1-5-2-3-8-4-6(5)7;1-2/h2*2-4H,1H3;1-2H3. The summed E-state index contributed by atoms with van der Waals surface area (Å²) < 4.78 is 24.5. The third kappa shape index (κ3) is 6.03. The quantitative estimate of drug-likeness (QED) is 0.706. The van der Waals surface area contributed by atoms with Gasteiger partial charge in [0, 0.05) is 12.4 Å². The van der Waals surface area contributed by atoms with E-state index in [0.717, 1.165) is 0 Å². The molecule has 0 aliphatic heterocycles. The summed E-state index contributed by atoms with van der Waals surface area (Å²) >= 11 is 0. The van der Waals surface area contributed by atoms with Gasteiger partial charge in [-0.05, 0) is 37.1 Å². The van der Waals surface area contributed by atoms with Crippen molar-refractivity contribution in [3.05, 3.63) is 59.7 Å². The van der Waals surface area contributed by atoms with Gasteiger partial charge in [-0.25, -0.2) is 8.78 Å². The number of aryl methyl sites for hydroxylation is 2. The SMILES string of the molecule is CC.Cc1ccncc1F.Cc1ccncc1F. The Kier molecular flexibility index (Phi) is 8.27. The average molecular weight is 252 g/mol. The molecule has 0 radical (unpaired) electrons. The second-order valence-corrected chi connectivity index (χ2v) is 3.25. The third-order valence-electron chi connectivity index (χ3n) is 1.95. The van der Waals surface area contributed by atoms with E-state index in [-0.39, 0.29) is 11.6 Å². The fraction of sp³-hybridized carbons (Fsp3) is 0.286. The largest absolute Gasteiger partial charge is 0.262 e. The molecule has 0 saturated heterocycles. The number of rotatable bonds is 0. The minimum Gasteiger partial charge on any atom is -0.262 e. The zero-order valence-corrected chi connectivity index (χ0v) is 11.1. The number of hydrogen-bond acceptors (Lipinski definition) is 2. The second kappa shape index (κ2) is 9.22. The van der Waals surface area contributed by atoms with E-state index >= 15 is 0 Å². The molecular weight excluding hydrogens is 234 g/mol. The van der Waals surface area contributed by atoms with E-state index in [9.17, 15) is 8.78 Å². The normalized spacial score (nSPS) is 8.56. The predicted molar refractivity (Wildman–Crippen MR) is 69.2 cm³/mol. The Morgan fingerprint density at radius 2 is 1.11 bits per heavy atom. The van der Waals surface area contributed by atoms with Crippen molar-refractivity contribution >= 4 is 0 Å². The highest BCUT2D eigenvalue weighted by atomic mass is 19.1. The molecule has 2 nitrogen and oxygen atoms in total. The van der Waals surface area contributed by atoms with Gasteiger partial charge in [0.15, 0.2) is 0 Å². The Balaban J connectivity index is 0.000000283. The third-order valence-corrected chi connectivity index (χ3v) is 1.95. The van der Waals surface area contributed by atoms with Crippen LogP contribution in [0, 0.1) is 25.5 Å². The second-order valence-electron chi connectivity index (χ2n) is 3.25. The lowest BCUT2D eigenvalue weighted by molar-refractivity contribution is 0.611. The van der Waals surface area contributed by atoms with Crippen molar-refractivity contribution in [3.8, 4) is 0 Å². The lowest BCUT2D eigenvalue weighted by Gasteiger charge is -1.88. The van der Waals surface area contributed by atoms with Crippen LogP contribution in [0.5, 0.6) is 0 Å². The van der Waals surface area contributed by atoms with Crippen LogP contribution in [0.2, 0.25) is 0 Å². The molecule has 0 amide bonds. The number of nitrogens with zero attached hydrogens (tertiary/aromatic N) is 2. The summed E-state index contributed by atoms with van der Waals surface area (Å²) in [6.45, 7) is 7.41. The highest BCUT2D eigenvalue weighted by molar-refractivity contribution is 5.09. The number of aromatic nitrogens is 2. The lowest BCUT2D eigenvalue weighted by atomic mass is 10.3. The molecule has 0 bridgehead atoms. The average Bonchev–Trinajstić information content (AvgIpc) is 2.40.